The van der Waals surface area contributed by atoms with Gasteiger partial charge in [-0.2, -0.15) is 0 Å². The summed E-state index contributed by atoms with van der Waals surface area (Å²) in [5, 5.41) is 2.08. The first-order valence-electron chi connectivity index (χ1n) is 9.58. The van der Waals surface area contributed by atoms with Gasteiger partial charge in [0.1, 0.15) is 11.4 Å². The zero-order valence-electron chi connectivity index (χ0n) is 15.8. The highest BCUT2D eigenvalue weighted by molar-refractivity contribution is 7.09. The van der Waals surface area contributed by atoms with Gasteiger partial charge in [-0.25, -0.2) is 0 Å². The van der Waals surface area contributed by atoms with Crippen LogP contribution in [0.3, 0.4) is 0 Å². The molecular formula is C22H23N3O2S. The summed E-state index contributed by atoms with van der Waals surface area (Å²) in [4.78, 5) is 18.9. The summed E-state index contributed by atoms with van der Waals surface area (Å²) >= 11 is 1.72. The molecule has 0 bridgehead atoms. The fourth-order valence-electron chi connectivity index (χ4n) is 4.51. The molecule has 1 aromatic carbocycles. The van der Waals surface area contributed by atoms with Crippen molar-refractivity contribution in [2.75, 3.05) is 20.2 Å². The maximum absolute atomic E-state index is 13.2. The zero-order chi connectivity index (χ0) is 19.1. The van der Waals surface area contributed by atoms with Gasteiger partial charge < -0.3 is 14.2 Å². The SMILES string of the molecule is COc1cccc(CN2CC3C(C2)n2cccc2C(=O)N3Cc2cccs2)c1. The number of ether oxygens (including phenoxy) is 1. The molecule has 2 unspecified atom stereocenters. The van der Waals surface area contributed by atoms with Crippen LogP contribution in [0.2, 0.25) is 0 Å². The largest absolute Gasteiger partial charge is 0.497 e. The van der Waals surface area contributed by atoms with E-state index in [0.717, 1.165) is 31.1 Å². The van der Waals surface area contributed by atoms with Gasteiger partial charge in [-0.15, -0.1) is 11.3 Å². The van der Waals surface area contributed by atoms with Crippen molar-refractivity contribution in [3.8, 4) is 5.75 Å². The first-order valence-corrected chi connectivity index (χ1v) is 10.5. The third kappa shape index (κ3) is 3.02. The fraction of sp³-hybridized carbons (Fsp3) is 0.318. The van der Waals surface area contributed by atoms with Crippen molar-refractivity contribution in [1.29, 1.82) is 0 Å². The number of likely N-dealkylation sites (tertiary alicyclic amines) is 1. The van der Waals surface area contributed by atoms with Crippen LogP contribution in [0, 0.1) is 0 Å². The van der Waals surface area contributed by atoms with Gasteiger partial charge in [0.15, 0.2) is 0 Å². The molecule has 1 saturated heterocycles. The molecule has 2 atom stereocenters. The summed E-state index contributed by atoms with van der Waals surface area (Å²) < 4.78 is 7.55. The molecule has 3 aromatic rings. The van der Waals surface area contributed by atoms with Crippen LogP contribution >= 0.6 is 11.3 Å². The number of aromatic nitrogens is 1. The third-order valence-electron chi connectivity index (χ3n) is 5.80. The summed E-state index contributed by atoms with van der Waals surface area (Å²) in [7, 11) is 1.70. The lowest BCUT2D eigenvalue weighted by atomic mass is 10.1. The molecule has 5 rings (SSSR count). The molecule has 1 amide bonds. The summed E-state index contributed by atoms with van der Waals surface area (Å²) in [6.07, 6.45) is 2.06. The molecule has 2 aliphatic heterocycles. The van der Waals surface area contributed by atoms with E-state index in [1.54, 1.807) is 18.4 Å². The van der Waals surface area contributed by atoms with Crippen molar-refractivity contribution in [2.24, 2.45) is 0 Å². The Balaban J connectivity index is 1.41. The van der Waals surface area contributed by atoms with Crippen molar-refractivity contribution in [1.82, 2.24) is 14.4 Å². The summed E-state index contributed by atoms with van der Waals surface area (Å²) in [6.45, 7) is 3.38. The number of carbonyl (C=O) groups excluding carboxylic acids is 1. The van der Waals surface area contributed by atoms with Crippen LogP contribution < -0.4 is 4.74 Å². The number of thiophene rings is 1. The van der Waals surface area contributed by atoms with Crippen molar-refractivity contribution in [3.05, 3.63) is 76.2 Å². The molecule has 0 aliphatic carbocycles. The van der Waals surface area contributed by atoms with E-state index in [-0.39, 0.29) is 11.9 Å². The molecule has 0 radical (unpaired) electrons. The average Bonchev–Trinajstić information content (AvgIpc) is 3.45. The predicted molar refractivity (Wildman–Crippen MR) is 110 cm³/mol. The van der Waals surface area contributed by atoms with Crippen molar-refractivity contribution < 1.29 is 9.53 Å². The minimum Gasteiger partial charge on any atom is -0.497 e. The molecule has 6 heteroatoms. The van der Waals surface area contributed by atoms with Crippen LogP contribution in [0.15, 0.2) is 60.1 Å². The quantitative estimate of drug-likeness (QED) is 0.664. The molecule has 0 saturated carbocycles. The lowest BCUT2D eigenvalue weighted by Crippen LogP contribution is -2.49. The summed E-state index contributed by atoms with van der Waals surface area (Å²) in [5.74, 6) is 1.03. The van der Waals surface area contributed by atoms with Crippen LogP contribution in [0.25, 0.3) is 0 Å². The third-order valence-corrected chi connectivity index (χ3v) is 6.66. The number of amides is 1. The van der Waals surface area contributed by atoms with Gasteiger partial charge in [0.05, 0.1) is 25.7 Å². The van der Waals surface area contributed by atoms with Gasteiger partial charge in [0.25, 0.3) is 5.91 Å². The molecule has 2 aliphatic rings. The van der Waals surface area contributed by atoms with E-state index in [1.807, 2.05) is 24.3 Å². The molecular weight excluding hydrogens is 370 g/mol. The molecule has 0 spiro atoms. The Hall–Kier alpha value is -2.57. The molecule has 2 aromatic heterocycles. The maximum Gasteiger partial charge on any atom is 0.271 e. The number of nitrogens with zero attached hydrogens (tertiary/aromatic N) is 3. The minimum absolute atomic E-state index is 0.142. The second kappa shape index (κ2) is 7.11. The Morgan fingerprint density at radius 2 is 1.96 bits per heavy atom. The molecule has 28 heavy (non-hydrogen) atoms. The second-order valence-corrected chi connectivity index (χ2v) is 8.53. The average molecular weight is 394 g/mol. The minimum atomic E-state index is 0.142. The number of rotatable bonds is 5. The number of methoxy groups -OCH3 is 1. The number of benzene rings is 1. The van der Waals surface area contributed by atoms with Gasteiger partial charge >= 0.3 is 0 Å². The van der Waals surface area contributed by atoms with Crippen LogP contribution in [0.1, 0.15) is 27.0 Å². The Morgan fingerprint density at radius 1 is 1.07 bits per heavy atom. The first kappa shape index (κ1) is 17.5. The Kier molecular flexibility index (Phi) is 4.45. The highest BCUT2D eigenvalue weighted by Crippen LogP contribution is 2.35. The van der Waals surface area contributed by atoms with Gasteiger partial charge in [0, 0.05) is 30.7 Å². The predicted octanol–water partition coefficient (Wildman–Crippen LogP) is 3.64. The number of fused-ring (bicyclic) bond motifs is 3. The zero-order valence-corrected chi connectivity index (χ0v) is 16.6. The smallest absolute Gasteiger partial charge is 0.271 e. The van der Waals surface area contributed by atoms with E-state index in [1.165, 1.54) is 10.4 Å². The number of hydrogen-bond donors (Lipinski definition) is 0. The highest BCUT2D eigenvalue weighted by atomic mass is 32.1. The lowest BCUT2D eigenvalue weighted by Gasteiger charge is -2.38. The highest BCUT2D eigenvalue weighted by Gasteiger charge is 2.44. The van der Waals surface area contributed by atoms with Crippen molar-refractivity contribution in [3.63, 3.8) is 0 Å². The van der Waals surface area contributed by atoms with E-state index in [4.69, 9.17) is 4.74 Å². The van der Waals surface area contributed by atoms with E-state index < -0.39 is 0 Å². The monoisotopic (exact) mass is 393 g/mol. The Bertz CT molecular complexity index is 981. The van der Waals surface area contributed by atoms with Gasteiger partial charge in [0.2, 0.25) is 0 Å². The first-order chi connectivity index (χ1) is 13.7. The van der Waals surface area contributed by atoms with Gasteiger partial charge in [-0.05, 0) is 41.3 Å². The molecule has 5 nitrogen and oxygen atoms in total. The lowest BCUT2D eigenvalue weighted by molar-refractivity contribution is 0.0559. The van der Waals surface area contributed by atoms with Crippen LogP contribution in [-0.4, -0.2) is 46.5 Å². The van der Waals surface area contributed by atoms with Crippen LogP contribution in [0.5, 0.6) is 5.75 Å². The number of hydrogen-bond acceptors (Lipinski definition) is 4. The Labute approximate surface area is 168 Å². The van der Waals surface area contributed by atoms with Crippen LogP contribution in [-0.2, 0) is 13.1 Å². The van der Waals surface area contributed by atoms with Crippen LogP contribution in [0.4, 0.5) is 0 Å². The van der Waals surface area contributed by atoms with Crippen molar-refractivity contribution >= 4 is 17.2 Å². The van der Waals surface area contributed by atoms with Crippen molar-refractivity contribution in [2.45, 2.75) is 25.2 Å². The second-order valence-electron chi connectivity index (χ2n) is 7.49. The van der Waals surface area contributed by atoms with E-state index in [0.29, 0.717) is 12.6 Å². The fourth-order valence-corrected chi connectivity index (χ4v) is 5.21. The normalized spacial score (nSPS) is 21.6. The summed E-state index contributed by atoms with van der Waals surface area (Å²) in [5.41, 5.74) is 2.04. The van der Waals surface area contributed by atoms with E-state index in [2.05, 4.69) is 50.2 Å². The standard InChI is InChI=1S/C22H23N3O2S/c1-27-17-6-2-5-16(11-17)12-23-14-20-21(15-23)25(13-18-7-4-10-28-18)22(26)19-8-3-9-24(19)20/h2-11,20-21H,12-15H2,1H3. The molecule has 1 fully saturated rings. The maximum atomic E-state index is 13.2. The topological polar surface area (TPSA) is 37.7 Å². The van der Waals surface area contributed by atoms with E-state index in [9.17, 15) is 4.79 Å². The molecule has 144 valence electrons. The van der Waals surface area contributed by atoms with Gasteiger partial charge in [-0.1, -0.05) is 18.2 Å². The number of carbonyl (C=O) groups is 1. The molecule has 0 N–H and O–H groups in total. The molecule has 4 heterocycles. The Morgan fingerprint density at radius 3 is 2.79 bits per heavy atom. The van der Waals surface area contributed by atoms with Gasteiger partial charge in [-0.3, -0.25) is 9.69 Å². The van der Waals surface area contributed by atoms with E-state index >= 15 is 0 Å². The summed E-state index contributed by atoms with van der Waals surface area (Å²) in [6, 6.07) is 16.8.